The molecule has 0 aliphatic heterocycles. The number of carbonyl (C=O) groups excluding carboxylic acids is 1. The molecule has 6 nitrogen and oxygen atoms in total. The van der Waals surface area contributed by atoms with Gasteiger partial charge >= 0.3 is 0 Å². The first-order valence-electron chi connectivity index (χ1n) is 5.14. The molecule has 0 unspecified atom stereocenters. The number of nitrogens with two attached hydrogens (primary N) is 2. The average Bonchev–Trinajstić information content (AvgIpc) is 2.78. The zero-order valence-electron chi connectivity index (χ0n) is 9.37. The Morgan fingerprint density at radius 2 is 2.18 bits per heavy atom. The van der Waals surface area contributed by atoms with Crippen LogP contribution in [-0.2, 0) is 0 Å². The number of pyridine rings is 1. The standard InChI is InChI=1S/C11H13N5O/c1-7(12)8-2-3-10(14-4-8)16-6-9(5-15-16)11(13)17/h2-7H,12H2,1H3,(H2,13,17)/t7-/m1/s1. The molecular formula is C11H13N5O. The van der Waals surface area contributed by atoms with E-state index in [9.17, 15) is 4.79 Å². The van der Waals surface area contributed by atoms with Crippen LogP contribution in [0.15, 0.2) is 30.7 Å². The molecule has 2 rings (SSSR count). The van der Waals surface area contributed by atoms with Crippen LogP contribution in [0.2, 0.25) is 0 Å². The van der Waals surface area contributed by atoms with Crippen LogP contribution in [0, 0.1) is 0 Å². The molecule has 0 aliphatic rings. The topological polar surface area (TPSA) is 99.8 Å². The maximum absolute atomic E-state index is 10.9. The van der Waals surface area contributed by atoms with E-state index in [1.54, 1.807) is 12.3 Å². The van der Waals surface area contributed by atoms with Crippen molar-refractivity contribution in [2.75, 3.05) is 0 Å². The molecule has 2 aromatic heterocycles. The molecule has 0 aromatic carbocycles. The van der Waals surface area contributed by atoms with Crippen molar-refractivity contribution < 1.29 is 4.79 Å². The molecule has 0 radical (unpaired) electrons. The lowest BCUT2D eigenvalue weighted by Crippen LogP contribution is -2.09. The Kier molecular flexibility index (Phi) is 2.88. The van der Waals surface area contributed by atoms with Gasteiger partial charge in [-0.3, -0.25) is 4.79 Å². The molecule has 1 atom stereocenters. The number of primary amides is 1. The third kappa shape index (κ3) is 2.31. The minimum absolute atomic E-state index is 0.0599. The molecule has 6 heteroatoms. The summed E-state index contributed by atoms with van der Waals surface area (Å²) in [7, 11) is 0. The molecule has 0 fully saturated rings. The van der Waals surface area contributed by atoms with Crippen LogP contribution in [0.3, 0.4) is 0 Å². The quantitative estimate of drug-likeness (QED) is 0.797. The molecule has 0 spiro atoms. The second-order valence-electron chi connectivity index (χ2n) is 3.78. The number of aromatic nitrogens is 3. The molecular weight excluding hydrogens is 218 g/mol. The number of carbonyl (C=O) groups is 1. The lowest BCUT2D eigenvalue weighted by molar-refractivity contribution is 0.100. The molecule has 0 aliphatic carbocycles. The highest BCUT2D eigenvalue weighted by Gasteiger charge is 2.06. The summed E-state index contributed by atoms with van der Waals surface area (Å²) in [5, 5.41) is 4.00. The summed E-state index contributed by atoms with van der Waals surface area (Å²) in [4.78, 5) is 15.1. The van der Waals surface area contributed by atoms with Gasteiger partial charge in [0.05, 0.1) is 11.8 Å². The summed E-state index contributed by atoms with van der Waals surface area (Å²) < 4.78 is 1.49. The molecule has 17 heavy (non-hydrogen) atoms. The molecule has 2 aromatic rings. The molecule has 0 bridgehead atoms. The van der Waals surface area contributed by atoms with E-state index in [0.29, 0.717) is 11.4 Å². The highest BCUT2D eigenvalue weighted by atomic mass is 16.1. The second-order valence-corrected chi connectivity index (χ2v) is 3.78. The van der Waals surface area contributed by atoms with Gasteiger partial charge in [0.2, 0.25) is 0 Å². The predicted octanol–water partition coefficient (Wildman–Crippen LogP) is 0.386. The third-order valence-corrected chi connectivity index (χ3v) is 2.40. The van der Waals surface area contributed by atoms with E-state index in [1.165, 1.54) is 17.1 Å². The van der Waals surface area contributed by atoms with Crippen LogP contribution >= 0.6 is 0 Å². The van der Waals surface area contributed by atoms with E-state index >= 15 is 0 Å². The highest BCUT2D eigenvalue weighted by Crippen LogP contribution is 2.10. The Morgan fingerprint density at radius 3 is 2.65 bits per heavy atom. The fourth-order valence-corrected chi connectivity index (χ4v) is 1.38. The predicted molar refractivity (Wildman–Crippen MR) is 62.5 cm³/mol. The number of hydrogen-bond donors (Lipinski definition) is 2. The van der Waals surface area contributed by atoms with Gasteiger partial charge in [-0.2, -0.15) is 5.10 Å². The van der Waals surface area contributed by atoms with Crippen molar-refractivity contribution in [1.82, 2.24) is 14.8 Å². The third-order valence-electron chi connectivity index (χ3n) is 2.40. The van der Waals surface area contributed by atoms with E-state index in [1.807, 2.05) is 13.0 Å². The van der Waals surface area contributed by atoms with Gasteiger partial charge < -0.3 is 11.5 Å². The minimum Gasteiger partial charge on any atom is -0.366 e. The lowest BCUT2D eigenvalue weighted by atomic mass is 10.2. The van der Waals surface area contributed by atoms with Gasteiger partial charge in [0.15, 0.2) is 5.82 Å². The van der Waals surface area contributed by atoms with Crippen LogP contribution < -0.4 is 11.5 Å². The van der Waals surface area contributed by atoms with Crippen LogP contribution in [0.5, 0.6) is 0 Å². The number of amides is 1. The van der Waals surface area contributed by atoms with Crippen molar-refractivity contribution in [2.24, 2.45) is 11.5 Å². The fraction of sp³-hybridized carbons (Fsp3) is 0.182. The van der Waals surface area contributed by atoms with Gasteiger partial charge in [0.1, 0.15) is 0 Å². The lowest BCUT2D eigenvalue weighted by Gasteiger charge is -2.05. The largest absolute Gasteiger partial charge is 0.366 e. The first-order chi connectivity index (χ1) is 8.08. The monoisotopic (exact) mass is 231 g/mol. The van der Waals surface area contributed by atoms with E-state index < -0.39 is 5.91 Å². The Balaban J connectivity index is 2.30. The molecule has 0 saturated carbocycles. The summed E-state index contributed by atoms with van der Waals surface area (Å²) in [5.74, 6) is 0.102. The number of nitrogens with zero attached hydrogens (tertiary/aromatic N) is 3. The van der Waals surface area contributed by atoms with Crippen molar-refractivity contribution in [3.05, 3.63) is 41.9 Å². The number of rotatable bonds is 3. The average molecular weight is 231 g/mol. The van der Waals surface area contributed by atoms with E-state index in [4.69, 9.17) is 11.5 Å². The van der Waals surface area contributed by atoms with Crippen molar-refractivity contribution >= 4 is 5.91 Å². The van der Waals surface area contributed by atoms with E-state index in [2.05, 4.69) is 10.1 Å². The summed E-state index contributed by atoms with van der Waals surface area (Å²) in [6.45, 7) is 1.88. The van der Waals surface area contributed by atoms with Crippen molar-refractivity contribution in [3.63, 3.8) is 0 Å². The van der Waals surface area contributed by atoms with Gasteiger partial charge in [-0.05, 0) is 18.6 Å². The molecule has 2 heterocycles. The summed E-state index contributed by atoms with van der Waals surface area (Å²) in [6, 6.07) is 3.60. The molecule has 0 saturated heterocycles. The van der Waals surface area contributed by atoms with Gasteiger partial charge in [0.25, 0.3) is 5.91 Å². The highest BCUT2D eigenvalue weighted by molar-refractivity contribution is 5.92. The maximum Gasteiger partial charge on any atom is 0.251 e. The van der Waals surface area contributed by atoms with Gasteiger partial charge in [0, 0.05) is 18.4 Å². The van der Waals surface area contributed by atoms with Gasteiger partial charge in [-0.25, -0.2) is 9.67 Å². The molecule has 4 N–H and O–H groups in total. The Morgan fingerprint density at radius 1 is 1.41 bits per heavy atom. The smallest absolute Gasteiger partial charge is 0.251 e. The summed E-state index contributed by atoms with van der Waals surface area (Å²) in [6.07, 6.45) is 4.63. The Hall–Kier alpha value is -2.21. The van der Waals surface area contributed by atoms with Crippen LogP contribution in [0.1, 0.15) is 28.9 Å². The summed E-state index contributed by atoms with van der Waals surface area (Å²) in [5.41, 5.74) is 12.2. The zero-order valence-corrected chi connectivity index (χ0v) is 9.37. The number of hydrogen-bond acceptors (Lipinski definition) is 4. The van der Waals surface area contributed by atoms with E-state index in [-0.39, 0.29) is 6.04 Å². The molecule has 88 valence electrons. The minimum atomic E-state index is -0.511. The fourth-order valence-electron chi connectivity index (χ4n) is 1.38. The second kappa shape index (κ2) is 4.34. The zero-order chi connectivity index (χ0) is 12.4. The van der Waals surface area contributed by atoms with Gasteiger partial charge in [-0.1, -0.05) is 6.07 Å². The SMILES string of the molecule is C[C@@H](N)c1ccc(-n2cc(C(N)=O)cn2)nc1. The normalized spacial score (nSPS) is 12.4. The van der Waals surface area contributed by atoms with Gasteiger partial charge in [-0.15, -0.1) is 0 Å². The summed E-state index contributed by atoms with van der Waals surface area (Å²) >= 11 is 0. The Bertz CT molecular complexity index is 529. The van der Waals surface area contributed by atoms with Crippen molar-refractivity contribution in [1.29, 1.82) is 0 Å². The first kappa shape index (κ1) is 11.3. The van der Waals surface area contributed by atoms with Crippen molar-refractivity contribution in [2.45, 2.75) is 13.0 Å². The van der Waals surface area contributed by atoms with Crippen LogP contribution in [0.25, 0.3) is 5.82 Å². The van der Waals surface area contributed by atoms with Crippen LogP contribution in [0.4, 0.5) is 0 Å². The Labute approximate surface area is 98.3 Å². The first-order valence-corrected chi connectivity index (χ1v) is 5.14. The van der Waals surface area contributed by atoms with Crippen molar-refractivity contribution in [3.8, 4) is 5.82 Å². The van der Waals surface area contributed by atoms with Crippen LogP contribution in [-0.4, -0.2) is 20.7 Å². The van der Waals surface area contributed by atoms with E-state index in [0.717, 1.165) is 5.56 Å². The maximum atomic E-state index is 10.9. The molecule has 1 amide bonds.